The van der Waals surface area contributed by atoms with E-state index in [1.807, 2.05) is 0 Å². The van der Waals surface area contributed by atoms with E-state index in [0.29, 0.717) is 0 Å². The predicted molar refractivity (Wildman–Crippen MR) is 26.5 cm³/mol. The third kappa shape index (κ3) is 18.5. The van der Waals surface area contributed by atoms with Crippen LogP contribution in [0.1, 0.15) is 0 Å². The number of halogens is 2. The summed E-state index contributed by atoms with van der Waals surface area (Å²) in [6, 6.07) is 0. The van der Waals surface area contributed by atoms with Crippen LogP contribution < -0.4 is 0 Å². The average molecular weight is 345 g/mol. The number of rotatable bonds is 0. The van der Waals surface area contributed by atoms with Gasteiger partial charge < -0.3 is 0 Å². The quantitative estimate of drug-likeness (QED) is 0.463. The van der Waals surface area contributed by atoms with Crippen molar-refractivity contribution in [2.24, 2.45) is 0 Å². The molecule has 0 aliphatic heterocycles. The molecular formula is H5AlBa2F2. The van der Waals surface area contributed by atoms with Gasteiger partial charge in [0.2, 0.25) is 0 Å². The Labute approximate surface area is 109 Å². The van der Waals surface area contributed by atoms with Crippen LogP contribution in [0.5, 0.6) is 0 Å². The second-order valence-electron chi connectivity index (χ2n) is 0.101. The Balaban J connectivity index is -0.0000000200. The van der Waals surface area contributed by atoms with Crippen molar-refractivity contribution >= 4 is 112 Å². The third-order valence-electron chi connectivity index (χ3n) is 0. The minimum absolute atomic E-state index is 0. The Morgan fingerprint density at radius 3 is 1.20 bits per heavy atom. The molecule has 0 radical (unpaired) electrons. The summed E-state index contributed by atoms with van der Waals surface area (Å²) in [5, 5.41) is 0. The Bertz CT molecular complexity index is 7.61. The fourth-order valence-corrected chi connectivity index (χ4v) is 0. The summed E-state index contributed by atoms with van der Waals surface area (Å²) in [6.45, 7) is 0. The predicted octanol–water partition coefficient (Wildman–Crippen LogP) is -1.64. The van der Waals surface area contributed by atoms with Crippen molar-refractivity contribution in [3.63, 3.8) is 0 Å². The average Bonchev–Trinajstić information content (AvgIpc) is 0.918. The van der Waals surface area contributed by atoms with Crippen molar-refractivity contribution in [1.82, 2.24) is 0 Å². The molecule has 0 aliphatic rings. The van der Waals surface area contributed by atoms with Crippen molar-refractivity contribution in [2.75, 3.05) is 0 Å². The minimum atomic E-state index is -3.08. The molecule has 0 amide bonds. The molecule has 0 N–H and O–H groups in total. The van der Waals surface area contributed by atoms with Crippen LogP contribution in [0, 0.1) is 0 Å². The van der Waals surface area contributed by atoms with E-state index in [4.69, 9.17) is 0 Å². The molecule has 0 aromatic heterocycles. The molecule has 0 fully saturated rings. The monoisotopic (exact) mass is 346 g/mol. The van der Waals surface area contributed by atoms with Crippen LogP contribution >= 0.6 is 0 Å². The van der Waals surface area contributed by atoms with Crippen molar-refractivity contribution in [3.05, 3.63) is 0 Å². The maximum atomic E-state index is 9.85. The second kappa shape index (κ2) is 15.6. The summed E-state index contributed by atoms with van der Waals surface area (Å²) in [4.78, 5) is 0. The van der Waals surface area contributed by atoms with Gasteiger partial charge in [-0.25, -0.2) is 0 Å². The summed E-state index contributed by atoms with van der Waals surface area (Å²) in [5.74, 6) is 0. The van der Waals surface area contributed by atoms with E-state index in [-0.39, 0.29) is 66.2 Å². The Morgan fingerprint density at radius 2 is 1.20 bits per heavy atom. The number of hydrogen-bond donors (Lipinski definition) is 0. The molecule has 0 aromatic rings. The van der Waals surface area contributed by atoms with E-state index >= 15 is 0 Å². The van der Waals surface area contributed by atoms with Crippen LogP contribution in [-0.4, -0.2) is 112 Å². The zero-order valence-corrected chi connectivity index (χ0v) is 5.90. The Morgan fingerprint density at radius 1 is 1.20 bits per heavy atom. The van der Waals surface area contributed by atoms with Crippen molar-refractivity contribution in [2.45, 2.75) is 0 Å². The van der Waals surface area contributed by atoms with Gasteiger partial charge in [-0.1, -0.05) is 0 Å². The van der Waals surface area contributed by atoms with Gasteiger partial charge >= 0.3 is 95.1 Å². The zero-order valence-electron chi connectivity index (χ0n) is 1.46. The van der Waals surface area contributed by atoms with Gasteiger partial charge in [0.05, 0.1) is 0 Å². The molecule has 0 aromatic carbocycles. The molecule has 5 heteroatoms. The van der Waals surface area contributed by atoms with Gasteiger partial charge in [0.1, 0.15) is 0 Å². The van der Waals surface area contributed by atoms with Crippen LogP contribution in [0.25, 0.3) is 0 Å². The van der Waals surface area contributed by atoms with E-state index in [1.165, 1.54) is 0 Å². The molecule has 0 spiro atoms. The van der Waals surface area contributed by atoms with Crippen LogP contribution in [0.15, 0.2) is 0 Å². The summed E-state index contributed by atoms with van der Waals surface area (Å²) >= 11 is -3.08. The molecule has 0 saturated heterocycles. The SMILES string of the molecule is [AlH3].[BaH2].[F][Ba][F]. The summed E-state index contributed by atoms with van der Waals surface area (Å²) in [5.41, 5.74) is 0. The van der Waals surface area contributed by atoms with E-state index in [9.17, 15) is 0.167 Å². The zero-order chi connectivity index (χ0) is 2.71. The molecule has 5 heavy (non-hydrogen) atoms. The van der Waals surface area contributed by atoms with Gasteiger partial charge in [0.15, 0.2) is 17.4 Å². The topological polar surface area (TPSA) is 0 Å². The molecule has 0 saturated carbocycles. The van der Waals surface area contributed by atoms with Crippen LogP contribution in [0.4, 0.5) is 0.167 Å². The van der Waals surface area contributed by atoms with Crippen LogP contribution in [0.3, 0.4) is 0 Å². The second-order valence-corrected chi connectivity index (χ2v) is 0.735. The Kier molecular flexibility index (Phi) is 49.5. The van der Waals surface area contributed by atoms with Crippen LogP contribution in [-0.2, 0) is 0 Å². The van der Waals surface area contributed by atoms with Crippen molar-refractivity contribution < 1.29 is 0.167 Å². The van der Waals surface area contributed by atoms with Gasteiger partial charge in [-0.2, -0.15) is 0 Å². The molecular weight excluding hydrogens is 340 g/mol. The fraction of sp³-hybridized carbons (Fsp3) is 0. The van der Waals surface area contributed by atoms with Gasteiger partial charge in [-0.05, 0) is 0 Å². The molecule has 0 atom stereocenters. The first-order valence-corrected chi connectivity index (χ1v) is 3.89. The molecule has 0 unspecified atom stereocenters. The van der Waals surface area contributed by atoms with Crippen molar-refractivity contribution in [1.29, 1.82) is 0 Å². The molecule has 0 aliphatic carbocycles. The molecule has 0 nitrogen and oxygen atoms in total. The Hall–Kier alpha value is 3.54. The summed E-state index contributed by atoms with van der Waals surface area (Å²) in [7, 11) is 0. The third-order valence-corrected chi connectivity index (χ3v) is 0. The first-order valence-electron chi connectivity index (χ1n) is 0.535. The van der Waals surface area contributed by atoms with Crippen LogP contribution in [0.2, 0.25) is 0 Å². The standard InChI is InChI=1S/Al.2Ba.2FH.5H/h;;;2*1H;;;;;/q;;+2;;;;;;;/p-2. The summed E-state index contributed by atoms with van der Waals surface area (Å²) < 4.78 is 19.7. The van der Waals surface area contributed by atoms with Crippen molar-refractivity contribution in [3.8, 4) is 0 Å². The van der Waals surface area contributed by atoms with Gasteiger partial charge in [0.25, 0.3) is 0 Å². The normalized spacial score (nSPS) is 2.00. The molecule has 0 heterocycles. The first kappa shape index (κ1) is 15.8. The summed E-state index contributed by atoms with van der Waals surface area (Å²) in [6.07, 6.45) is 0. The van der Waals surface area contributed by atoms with E-state index in [0.717, 1.165) is 0 Å². The molecule has 26 valence electrons. The van der Waals surface area contributed by atoms with Gasteiger partial charge in [0, 0.05) is 0 Å². The molecule has 0 bridgehead atoms. The van der Waals surface area contributed by atoms with E-state index < -0.39 is 46.0 Å². The fourth-order valence-electron chi connectivity index (χ4n) is 0. The van der Waals surface area contributed by atoms with Gasteiger partial charge in [-0.3, -0.25) is 0 Å². The van der Waals surface area contributed by atoms with E-state index in [1.54, 1.807) is 0 Å². The van der Waals surface area contributed by atoms with Gasteiger partial charge in [-0.15, -0.1) is 0 Å². The first-order chi connectivity index (χ1) is 1.41. The maximum absolute atomic E-state index is 9.85. The van der Waals surface area contributed by atoms with E-state index in [2.05, 4.69) is 0 Å². The molecule has 0 rings (SSSR count). The number of hydrogen-bond acceptors (Lipinski definition) is 0.